The summed E-state index contributed by atoms with van der Waals surface area (Å²) in [5.41, 5.74) is -0.389. The van der Waals surface area contributed by atoms with Gasteiger partial charge in [-0.25, -0.2) is 9.69 Å². The predicted octanol–water partition coefficient (Wildman–Crippen LogP) is 0.278. The van der Waals surface area contributed by atoms with Crippen LogP contribution in [-0.2, 0) is 19.1 Å². The molecule has 0 radical (unpaired) electrons. The van der Waals surface area contributed by atoms with Gasteiger partial charge in [0, 0.05) is 0 Å². The molecule has 0 unspecified atom stereocenters. The second-order valence-electron chi connectivity index (χ2n) is 6.11. The lowest BCUT2D eigenvalue weighted by atomic mass is 9.77. The molecule has 7 heteroatoms. The Hall–Kier alpha value is -2.51. The Balaban J connectivity index is 1.68. The Morgan fingerprint density at radius 3 is 2.62 bits per heavy atom. The van der Waals surface area contributed by atoms with Gasteiger partial charge < -0.3 is 14.6 Å². The molecule has 3 aliphatic rings. The van der Waals surface area contributed by atoms with Gasteiger partial charge in [-0.2, -0.15) is 0 Å². The van der Waals surface area contributed by atoms with E-state index in [1.54, 1.807) is 12.2 Å². The topological polar surface area (TPSA) is 93.1 Å². The molecular formula is C17H15NO6. The number of anilines is 1. The lowest BCUT2D eigenvalue weighted by Gasteiger charge is -2.26. The average molecular weight is 329 g/mol. The number of imide groups is 1. The van der Waals surface area contributed by atoms with Crippen molar-refractivity contribution in [1.29, 1.82) is 0 Å². The number of ether oxygens (including phenoxy) is 2. The molecule has 1 N–H and O–H groups in total. The number of carbonyl (C=O) groups excluding carboxylic acids is 3. The minimum Gasteiger partial charge on any atom is -0.465 e. The Morgan fingerprint density at radius 2 is 2.00 bits per heavy atom. The molecule has 0 spiro atoms. The number of rotatable bonds is 3. The number of carbonyl (C=O) groups is 3. The van der Waals surface area contributed by atoms with Crippen molar-refractivity contribution in [1.82, 2.24) is 0 Å². The number of hydrogen-bond acceptors (Lipinski definition) is 6. The van der Waals surface area contributed by atoms with Crippen molar-refractivity contribution in [2.45, 2.75) is 11.7 Å². The fourth-order valence-electron chi connectivity index (χ4n) is 3.80. The summed E-state index contributed by atoms with van der Waals surface area (Å²) in [5, 5.41) is 9.67. The Bertz CT molecular complexity index is 770. The lowest BCUT2D eigenvalue weighted by Crippen LogP contribution is -2.43. The fraction of sp³-hybridized carbons (Fsp3) is 0.353. The first-order valence-electron chi connectivity index (χ1n) is 7.56. The van der Waals surface area contributed by atoms with Crippen LogP contribution in [0.25, 0.3) is 0 Å². The summed E-state index contributed by atoms with van der Waals surface area (Å²) in [6.07, 6.45) is 2.92. The Kier molecular flexibility index (Phi) is 3.13. The average Bonchev–Trinajstić information content (AvgIpc) is 3.25. The van der Waals surface area contributed by atoms with E-state index >= 15 is 0 Å². The van der Waals surface area contributed by atoms with Crippen molar-refractivity contribution >= 4 is 23.5 Å². The number of aliphatic hydroxyl groups excluding tert-OH is 1. The van der Waals surface area contributed by atoms with E-state index in [2.05, 4.69) is 4.74 Å². The van der Waals surface area contributed by atoms with E-state index < -0.39 is 35.4 Å². The molecule has 2 amide bonds. The van der Waals surface area contributed by atoms with Crippen LogP contribution in [0, 0.1) is 11.8 Å². The third-order valence-electron chi connectivity index (χ3n) is 4.95. The lowest BCUT2D eigenvalue weighted by molar-refractivity contribution is -0.128. The molecule has 2 fully saturated rings. The molecule has 0 aromatic heterocycles. The second kappa shape index (κ2) is 4.99. The summed E-state index contributed by atoms with van der Waals surface area (Å²) >= 11 is 0. The van der Waals surface area contributed by atoms with Crippen LogP contribution in [0.1, 0.15) is 10.4 Å². The molecule has 0 saturated carbocycles. The molecule has 1 aromatic carbocycles. The zero-order valence-electron chi connectivity index (χ0n) is 12.8. The molecule has 2 saturated heterocycles. The van der Waals surface area contributed by atoms with Gasteiger partial charge in [0.15, 0.2) is 0 Å². The van der Waals surface area contributed by atoms with Crippen molar-refractivity contribution in [3.8, 4) is 0 Å². The van der Waals surface area contributed by atoms with E-state index in [4.69, 9.17) is 4.74 Å². The maximum atomic E-state index is 12.8. The number of nitrogens with zero attached hydrogens (tertiary/aromatic N) is 1. The van der Waals surface area contributed by atoms with Gasteiger partial charge in [0.1, 0.15) is 5.60 Å². The van der Waals surface area contributed by atoms with E-state index in [-0.39, 0.29) is 12.5 Å². The number of aliphatic hydroxyl groups is 1. The van der Waals surface area contributed by atoms with Crippen LogP contribution >= 0.6 is 0 Å². The van der Waals surface area contributed by atoms with Crippen molar-refractivity contribution in [2.24, 2.45) is 11.8 Å². The van der Waals surface area contributed by atoms with Gasteiger partial charge in [-0.1, -0.05) is 12.2 Å². The van der Waals surface area contributed by atoms with E-state index in [0.29, 0.717) is 11.3 Å². The first kappa shape index (κ1) is 15.0. The fourth-order valence-corrected chi connectivity index (χ4v) is 3.80. The molecule has 4 atom stereocenters. The molecule has 7 nitrogen and oxygen atoms in total. The van der Waals surface area contributed by atoms with Crippen LogP contribution in [0.4, 0.5) is 5.69 Å². The summed E-state index contributed by atoms with van der Waals surface area (Å²) in [6.45, 7) is -0.352. The van der Waals surface area contributed by atoms with Crippen LogP contribution in [-0.4, -0.2) is 48.3 Å². The van der Waals surface area contributed by atoms with Gasteiger partial charge in [0.05, 0.1) is 42.9 Å². The van der Waals surface area contributed by atoms with Crippen LogP contribution < -0.4 is 4.90 Å². The molecule has 24 heavy (non-hydrogen) atoms. The normalized spacial score (nSPS) is 33.2. The number of methoxy groups -OCH3 is 1. The molecular weight excluding hydrogens is 314 g/mol. The molecule has 124 valence electrons. The quantitative estimate of drug-likeness (QED) is 0.486. The SMILES string of the molecule is COC(=O)c1ccc(N2C(=O)[C@@H]3[C@H]4C=C[C@@](CO)(O4)[C@H]3C2=O)cc1. The van der Waals surface area contributed by atoms with Crippen molar-refractivity contribution in [3.63, 3.8) is 0 Å². The second-order valence-corrected chi connectivity index (χ2v) is 6.11. The summed E-state index contributed by atoms with van der Waals surface area (Å²) in [7, 11) is 1.28. The number of benzene rings is 1. The first-order chi connectivity index (χ1) is 11.5. The zero-order chi connectivity index (χ0) is 17.1. The first-order valence-corrected chi connectivity index (χ1v) is 7.56. The van der Waals surface area contributed by atoms with Gasteiger partial charge in [0.2, 0.25) is 11.8 Å². The van der Waals surface area contributed by atoms with Gasteiger partial charge in [-0.15, -0.1) is 0 Å². The maximum absolute atomic E-state index is 12.8. The van der Waals surface area contributed by atoms with E-state index in [1.807, 2.05) is 0 Å². The molecule has 1 aromatic rings. The predicted molar refractivity (Wildman–Crippen MR) is 81.1 cm³/mol. The summed E-state index contributed by atoms with van der Waals surface area (Å²) in [5.74, 6) is -2.56. The summed E-state index contributed by atoms with van der Waals surface area (Å²) in [6, 6.07) is 6.07. The van der Waals surface area contributed by atoms with Crippen LogP contribution in [0.3, 0.4) is 0 Å². The molecule has 3 heterocycles. The van der Waals surface area contributed by atoms with Crippen molar-refractivity contribution < 1.29 is 29.0 Å². The molecule has 2 bridgehead atoms. The van der Waals surface area contributed by atoms with E-state index in [0.717, 1.165) is 4.90 Å². The number of hydrogen-bond donors (Lipinski definition) is 1. The van der Waals surface area contributed by atoms with Gasteiger partial charge in [-0.3, -0.25) is 9.59 Å². The summed E-state index contributed by atoms with van der Waals surface area (Å²) in [4.78, 5) is 38.2. The third kappa shape index (κ3) is 1.76. The number of amides is 2. The smallest absolute Gasteiger partial charge is 0.337 e. The highest BCUT2D eigenvalue weighted by Crippen LogP contribution is 2.52. The molecule has 3 aliphatic heterocycles. The van der Waals surface area contributed by atoms with E-state index in [1.165, 1.54) is 31.4 Å². The van der Waals surface area contributed by atoms with Crippen molar-refractivity contribution in [3.05, 3.63) is 42.0 Å². The maximum Gasteiger partial charge on any atom is 0.337 e. The zero-order valence-corrected chi connectivity index (χ0v) is 12.8. The van der Waals surface area contributed by atoms with Crippen LogP contribution in [0.2, 0.25) is 0 Å². The van der Waals surface area contributed by atoms with Crippen molar-refractivity contribution in [2.75, 3.05) is 18.6 Å². The minimum atomic E-state index is -1.11. The van der Waals surface area contributed by atoms with E-state index in [9.17, 15) is 19.5 Å². The minimum absolute atomic E-state index is 0.331. The largest absolute Gasteiger partial charge is 0.465 e. The van der Waals surface area contributed by atoms with Gasteiger partial charge in [-0.05, 0) is 24.3 Å². The summed E-state index contributed by atoms with van der Waals surface area (Å²) < 4.78 is 10.3. The highest BCUT2D eigenvalue weighted by molar-refractivity contribution is 6.23. The van der Waals surface area contributed by atoms with Crippen LogP contribution in [0.5, 0.6) is 0 Å². The standard InChI is InChI=1S/C17H15NO6/c1-23-16(22)9-2-4-10(5-3-9)18-14(20)12-11-6-7-17(8-19,24-11)13(12)15(18)21/h2-7,11-13,19H,8H2,1H3/t11-,12-,13-,17+/m1/s1. The van der Waals surface area contributed by atoms with Gasteiger partial charge >= 0.3 is 5.97 Å². The molecule has 4 rings (SSSR count). The Morgan fingerprint density at radius 1 is 1.29 bits per heavy atom. The van der Waals surface area contributed by atoms with Gasteiger partial charge in [0.25, 0.3) is 0 Å². The molecule has 0 aliphatic carbocycles. The number of fused-ring (bicyclic) bond motifs is 5. The Labute approximate surface area is 137 Å². The monoisotopic (exact) mass is 329 g/mol. The highest BCUT2D eigenvalue weighted by Gasteiger charge is 2.67. The highest BCUT2D eigenvalue weighted by atomic mass is 16.5. The van der Waals surface area contributed by atoms with Crippen LogP contribution in [0.15, 0.2) is 36.4 Å². The third-order valence-corrected chi connectivity index (χ3v) is 4.95. The number of esters is 1.